The Morgan fingerprint density at radius 3 is 2.82 bits per heavy atom. The van der Waals surface area contributed by atoms with E-state index in [1.165, 1.54) is 12.1 Å². The number of carbonyl (C=O) groups excluding carboxylic acids is 1. The normalized spacial score (nSPS) is 10.0. The number of halogens is 1. The number of anilines is 1. The molecule has 94 valence electrons. The smallest absolute Gasteiger partial charge is 0.316 e. The van der Waals surface area contributed by atoms with Crippen LogP contribution in [0.4, 0.5) is 14.9 Å². The van der Waals surface area contributed by atoms with Crippen molar-refractivity contribution in [1.82, 2.24) is 0 Å². The summed E-state index contributed by atoms with van der Waals surface area (Å²) in [5, 5.41) is 2.29. The van der Waals surface area contributed by atoms with E-state index in [1.54, 1.807) is 6.07 Å². The summed E-state index contributed by atoms with van der Waals surface area (Å²) in [7, 11) is 0. The van der Waals surface area contributed by atoms with Gasteiger partial charge in [0.05, 0.1) is 6.61 Å². The van der Waals surface area contributed by atoms with Crippen molar-refractivity contribution in [3.63, 3.8) is 0 Å². The van der Waals surface area contributed by atoms with Crippen LogP contribution in [0.3, 0.4) is 0 Å². The highest BCUT2D eigenvalue weighted by Gasteiger charge is 2.05. The summed E-state index contributed by atoms with van der Waals surface area (Å²) < 4.78 is 18.8. The van der Waals surface area contributed by atoms with E-state index in [2.05, 4.69) is 12.2 Å². The lowest BCUT2D eigenvalue weighted by atomic mass is 10.2. The molecule has 17 heavy (non-hydrogen) atoms. The van der Waals surface area contributed by atoms with Crippen molar-refractivity contribution in [2.24, 2.45) is 5.73 Å². The summed E-state index contributed by atoms with van der Waals surface area (Å²) in [5.41, 5.74) is 5.24. The summed E-state index contributed by atoms with van der Waals surface area (Å²) in [6.45, 7) is 2.58. The van der Waals surface area contributed by atoms with Gasteiger partial charge < -0.3 is 15.8 Å². The molecule has 1 aromatic rings. The van der Waals surface area contributed by atoms with Crippen LogP contribution in [0.5, 0.6) is 5.75 Å². The SMILES string of the molecule is CCCCCOc1ccc(NC(N)=O)cc1F. The van der Waals surface area contributed by atoms with Crippen molar-refractivity contribution in [3.05, 3.63) is 24.0 Å². The fourth-order valence-corrected chi connectivity index (χ4v) is 1.37. The lowest BCUT2D eigenvalue weighted by Crippen LogP contribution is -2.19. The van der Waals surface area contributed by atoms with Gasteiger partial charge in [0.1, 0.15) is 0 Å². The molecule has 0 radical (unpaired) electrons. The van der Waals surface area contributed by atoms with Gasteiger partial charge in [-0.2, -0.15) is 0 Å². The van der Waals surface area contributed by atoms with Crippen LogP contribution in [0.2, 0.25) is 0 Å². The molecule has 0 fully saturated rings. The Kier molecular flexibility index (Phi) is 5.26. The van der Waals surface area contributed by atoms with E-state index in [-0.39, 0.29) is 5.75 Å². The number of urea groups is 1. The Balaban J connectivity index is 2.54. The molecule has 1 rings (SSSR count). The topological polar surface area (TPSA) is 64.3 Å². The van der Waals surface area contributed by atoms with Gasteiger partial charge >= 0.3 is 6.03 Å². The molecule has 5 heteroatoms. The van der Waals surface area contributed by atoms with Crippen LogP contribution in [0.1, 0.15) is 26.2 Å². The molecule has 2 amide bonds. The molecule has 4 nitrogen and oxygen atoms in total. The number of nitrogens with two attached hydrogens (primary N) is 1. The predicted octanol–water partition coefficient (Wildman–Crippen LogP) is 2.89. The van der Waals surface area contributed by atoms with Gasteiger partial charge in [-0.1, -0.05) is 19.8 Å². The Bertz CT molecular complexity index is 383. The number of carbonyl (C=O) groups is 1. The first-order valence-corrected chi connectivity index (χ1v) is 5.62. The number of hydrogen-bond acceptors (Lipinski definition) is 2. The van der Waals surface area contributed by atoms with Crippen LogP contribution < -0.4 is 15.8 Å². The van der Waals surface area contributed by atoms with E-state index in [4.69, 9.17) is 10.5 Å². The molecular weight excluding hydrogens is 223 g/mol. The first kappa shape index (κ1) is 13.3. The third-order valence-corrected chi connectivity index (χ3v) is 2.20. The number of benzene rings is 1. The highest BCUT2D eigenvalue weighted by Crippen LogP contribution is 2.21. The van der Waals surface area contributed by atoms with Gasteiger partial charge in [-0.3, -0.25) is 0 Å². The van der Waals surface area contributed by atoms with Crippen LogP contribution in [0.25, 0.3) is 0 Å². The largest absolute Gasteiger partial charge is 0.491 e. The summed E-state index contributed by atoms with van der Waals surface area (Å²) in [4.78, 5) is 10.6. The van der Waals surface area contributed by atoms with Crippen LogP contribution in [-0.4, -0.2) is 12.6 Å². The van der Waals surface area contributed by atoms with Crippen molar-refractivity contribution in [2.75, 3.05) is 11.9 Å². The van der Waals surface area contributed by atoms with Gasteiger partial charge in [-0.05, 0) is 18.6 Å². The van der Waals surface area contributed by atoms with E-state index in [1.807, 2.05) is 0 Å². The van der Waals surface area contributed by atoms with Crippen LogP contribution >= 0.6 is 0 Å². The van der Waals surface area contributed by atoms with Crippen molar-refractivity contribution in [1.29, 1.82) is 0 Å². The van der Waals surface area contributed by atoms with Gasteiger partial charge in [0.15, 0.2) is 11.6 Å². The molecule has 0 atom stereocenters. The molecule has 0 unspecified atom stereocenters. The monoisotopic (exact) mass is 240 g/mol. The molecule has 0 bridgehead atoms. The predicted molar refractivity (Wildman–Crippen MR) is 64.6 cm³/mol. The minimum atomic E-state index is -0.721. The minimum absolute atomic E-state index is 0.191. The second-order valence-corrected chi connectivity index (χ2v) is 3.69. The number of primary amides is 1. The van der Waals surface area contributed by atoms with Crippen LogP contribution in [-0.2, 0) is 0 Å². The van der Waals surface area contributed by atoms with Gasteiger partial charge in [0.2, 0.25) is 0 Å². The summed E-state index contributed by atoms with van der Waals surface area (Å²) in [5.74, 6) is -0.316. The Hall–Kier alpha value is -1.78. The number of unbranched alkanes of at least 4 members (excludes halogenated alkanes) is 2. The first-order valence-electron chi connectivity index (χ1n) is 5.62. The zero-order valence-corrected chi connectivity index (χ0v) is 9.83. The molecular formula is C12H17FN2O2. The minimum Gasteiger partial charge on any atom is -0.491 e. The van der Waals surface area contributed by atoms with E-state index in [0.717, 1.165) is 19.3 Å². The zero-order valence-electron chi connectivity index (χ0n) is 9.83. The number of rotatable bonds is 6. The highest BCUT2D eigenvalue weighted by atomic mass is 19.1. The lowest BCUT2D eigenvalue weighted by molar-refractivity contribution is 0.259. The zero-order chi connectivity index (χ0) is 12.7. The van der Waals surface area contributed by atoms with Crippen molar-refractivity contribution in [3.8, 4) is 5.75 Å². The number of amides is 2. The average molecular weight is 240 g/mol. The Labute approximate surface area is 100.0 Å². The molecule has 0 aromatic heterocycles. The van der Waals surface area contributed by atoms with E-state index in [9.17, 15) is 9.18 Å². The molecule has 3 N–H and O–H groups in total. The van der Waals surface area contributed by atoms with Crippen LogP contribution in [0, 0.1) is 5.82 Å². The van der Waals surface area contributed by atoms with Gasteiger partial charge in [-0.15, -0.1) is 0 Å². The van der Waals surface area contributed by atoms with E-state index >= 15 is 0 Å². The van der Waals surface area contributed by atoms with Crippen molar-refractivity contribution >= 4 is 11.7 Å². The molecule has 0 saturated carbocycles. The van der Waals surface area contributed by atoms with Gasteiger partial charge in [0.25, 0.3) is 0 Å². The second-order valence-electron chi connectivity index (χ2n) is 3.69. The summed E-state index contributed by atoms with van der Waals surface area (Å²) in [6, 6.07) is 3.48. The lowest BCUT2D eigenvalue weighted by Gasteiger charge is -2.08. The van der Waals surface area contributed by atoms with Gasteiger partial charge in [-0.25, -0.2) is 9.18 Å². The fourth-order valence-electron chi connectivity index (χ4n) is 1.37. The third-order valence-electron chi connectivity index (χ3n) is 2.20. The van der Waals surface area contributed by atoms with Crippen molar-refractivity contribution in [2.45, 2.75) is 26.2 Å². The third kappa shape index (κ3) is 4.72. The Morgan fingerprint density at radius 1 is 1.47 bits per heavy atom. The standard InChI is InChI=1S/C12H17FN2O2/c1-2-3-4-7-17-11-6-5-9(8-10(11)13)15-12(14)16/h5-6,8H,2-4,7H2,1H3,(H3,14,15,16). The molecule has 0 heterocycles. The maximum atomic E-state index is 13.5. The molecule has 0 saturated heterocycles. The molecule has 1 aromatic carbocycles. The van der Waals surface area contributed by atoms with Gasteiger partial charge in [0, 0.05) is 11.8 Å². The van der Waals surface area contributed by atoms with Crippen molar-refractivity contribution < 1.29 is 13.9 Å². The summed E-state index contributed by atoms with van der Waals surface area (Å²) >= 11 is 0. The first-order chi connectivity index (χ1) is 8.13. The average Bonchev–Trinajstić information content (AvgIpc) is 2.26. The second kappa shape index (κ2) is 6.73. The number of hydrogen-bond donors (Lipinski definition) is 2. The Morgan fingerprint density at radius 2 is 2.24 bits per heavy atom. The fraction of sp³-hybridized carbons (Fsp3) is 0.417. The molecule has 0 aliphatic carbocycles. The highest BCUT2D eigenvalue weighted by molar-refractivity contribution is 5.87. The van der Waals surface area contributed by atoms with E-state index in [0.29, 0.717) is 12.3 Å². The maximum Gasteiger partial charge on any atom is 0.316 e. The number of ether oxygens (including phenoxy) is 1. The van der Waals surface area contributed by atoms with E-state index < -0.39 is 11.8 Å². The maximum absolute atomic E-state index is 13.5. The molecule has 0 aliphatic heterocycles. The number of nitrogens with one attached hydrogen (secondary N) is 1. The summed E-state index contributed by atoms with van der Waals surface area (Å²) in [6.07, 6.45) is 3.05. The quantitative estimate of drug-likeness (QED) is 0.751. The van der Waals surface area contributed by atoms with Crippen LogP contribution in [0.15, 0.2) is 18.2 Å². The molecule has 0 aliphatic rings. The molecule has 0 spiro atoms.